The van der Waals surface area contributed by atoms with Crippen molar-refractivity contribution in [2.75, 3.05) is 33.3 Å². The SMILES string of the molecule is CCCC1C=CCN1C(=O)c1cc2c(s1)C1(CCN(C)CC1)OCC2.O=CO. The number of carbonyl (C=O) groups is 2. The first-order valence-corrected chi connectivity index (χ1v) is 10.9. The quantitative estimate of drug-likeness (QED) is 0.617. The summed E-state index contributed by atoms with van der Waals surface area (Å²) < 4.78 is 6.31. The van der Waals surface area contributed by atoms with Crippen LogP contribution in [0, 0.1) is 0 Å². The van der Waals surface area contributed by atoms with Crippen LogP contribution in [0.25, 0.3) is 0 Å². The van der Waals surface area contributed by atoms with Gasteiger partial charge in [-0.15, -0.1) is 11.3 Å². The lowest BCUT2D eigenvalue weighted by Crippen LogP contribution is -2.44. The summed E-state index contributed by atoms with van der Waals surface area (Å²) in [7, 11) is 2.17. The van der Waals surface area contributed by atoms with E-state index < -0.39 is 0 Å². The van der Waals surface area contributed by atoms with Gasteiger partial charge < -0.3 is 19.6 Å². The van der Waals surface area contributed by atoms with Gasteiger partial charge in [0.2, 0.25) is 0 Å². The first kappa shape index (κ1) is 21.0. The van der Waals surface area contributed by atoms with Gasteiger partial charge in [-0.1, -0.05) is 25.5 Å². The Morgan fingerprint density at radius 2 is 2.14 bits per heavy atom. The fourth-order valence-corrected chi connectivity index (χ4v) is 5.74. The maximum Gasteiger partial charge on any atom is 0.290 e. The lowest BCUT2D eigenvalue weighted by molar-refractivity contribution is -0.122. The van der Waals surface area contributed by atoms with Crippen LogP contribution in [0.2, 0.25) is 0 Å². The molecule has 1 aromatic heterocycles. The van der Waals surface area contributed by atoms with Crippen molar-refractivity contribution in [2.24, 2.45) is 0 Å². The van der Waals surface area contributed by atoms with E-state index in [-0.39, 0.29) is 24.0 Å². The molecule has 4 heterocycles. The Bertz CT molecular complexity index is 722. The van der Waals surface area contributed by atoms with Crippen molar-refractivity contribution in [1.82, 2.24) is 9.80 Å². The topological polar surface area (TPSA) is 70.1 Å². The number of carbonyl (C=O) groups excluding carboxylic acids is 1. The van der Waals surface area contributed by atoms with E-state index in [1.165, 1.54) is 10.4 Å². The van der Waals surface area contributed by atoms with Crippen LogP contribution in [0.5, 0.6) is 0 Å². The highest BCUT2D eigenvalue weighted by atomic mass is 32.1. The molecule has 1 saturated heterocycles. The van der Waals surface area contributed by atoms with Crippen LogP contribution in [-0.4, -0.2) is 66.6 Å². The van der Waals surface area contributed by atoms with E-state index in [4.69, 9.17) is 14.6 Å². The largest absolute Gasteiger partial charge is 0.483 e. The van der Waals surface area contributed by atoms with E-state index in [0.29, 0.717) is 0 Å². The number of carboxylic acid groups (broad SMARTS) is 1. The molecule has 0 radical (unpaired) electrons. The van der Waals surface area contributed by atoms with Crippen LogP contribution >= 0.6 is 11.3 Å². The molecule has 3 aliphatic rings. The number of likely N-dealkylation sites (tertiary alicyclic amines) is 1. The Morgan fingerprint density at radius 1 is 1.43 bits per heavy atom. The Kier molecular flexibility index (Phi) is 6.91. The molecule has 1 N–H and O–H groups in total. The molecular weight excluding hydrogens is 376 g/mol. The van der Waals surface area contributed by atoms with Gasteiger partial charge in [-0.25, -0.2) is 0 Å². The number of hydrogen-bond donors (Lipinski definition) is 1. The van der Waals surface area contributed by atoms with Gasteiger partial charge >= 0.3 is 0 Å². The van der Waals surface area contributed by atoms with Crippen LogP contribution in [0.1, 0.15) is 52.7 Å². The van der Waals surface area contributed by atoms with E-state index in [2.05, 4.69) is 37.1 Å². The van der Waals surface area contributed by atoms with E-state index in [1.54, 1.807) is 11.3 Å². The maximum atomic E-state index is 13.1. The summed E-state index contributed by atoms with van der Waals surface area (Å²) in [5, 5.41) is 6.89. The molecule has 4 rings (SSSR count). The minimum Gasteiger partial charge on any atom is -0.483 e. The molecule has 0 bridgehead atoms. The molecule has 3 aliphatic heterocycles. The number of rotatable bonds is 3. The lowest BCUT2D eigenvalue weighted by Gasteiger charge is -2.42. The number of amides is 1. The molecule has 1 aromatic rings. The molecule has 154 valence electrons. The number of fused-ring (bicyclic) bond motifs is 2. The second-order valence-electron chi connectivity index (χ2n) is 7.71. The predicted molar refractivity (Wildman–Crippen MR) is 110 cm³/mol. The van der Waals surface area contributed by atoms with Gasteiger partial charge in [0.15, 0.2) is 0 Å². The minimum absolute atomic E-state index is 0.143. The lowest BCUT2D eigenvalue weighted by atomic mass is 9.85. The van der Waals surface area contributed by atoms with Crippen LogP contribution in [0.4, 0.5) is 0 Å². The van der Waals surface area contributed by atoms with Gasteiger partial charge in [0.1, 0.15) is 5.60 Å². The summed E-state index contributed by atoms with van der Waals surface area (Å²) in [6, 6.07) is 2.43. The Morgan fingerprint density at radius 3 is 2.82 bits per heavy atom. The van der Waals surface area contributed by atoms with Crippen molar-refractivity contribution >= 4 is 23.7 Å². The second kappa shape index (κ2) is 9.20. The zero-order chi connectivity index (χ0) is 20.1. The number of thiophene rings is 1. The Balaban J connectivity index is 0.000000706. The molecule has 1 fully saturated rings. The molecule has 7 heteroatoms. The summed E-state index contributed by atoms with van der Waals surface area (Å²) in [6.07, 6.45) is 9.48. The van der Waals surface area contributed by atoms with Crippen molar-refractivity contribution in [1.29, 1.82) is 0 Å². The Hall–Kier alpha value is -1.70. The molecule has 1 unspecified atom stereocenters. The fraction of sp³-hybridized carbons (Fsp3) is 0.619. The summed E-state index contributed by atoms with van der Waals surface area (Å²) in [5.74, 6) is 0.200. The monoisotopic (exact) mass is 406 g/mol. The van der Waals surface area contributed by atoms with Crippen LogP contribution < -0.4 is 0 Å². The standard InChI is InChI=1S/C20H28N2O2S.CH2O2/c1-3-5-16-6-4-10-22(16)19(23)17-14-15-7-13-24-20(18(15)25-17)8-11-21(2)12-9-20;2-1-3/h4,6,14,16H,3,5,7-13H2,1-2H3;1H,(H,2,3). The molecule has 1 spiro atoms. The minimum atomic E-state index is -0.250. The van der Waals surface area contributed by atoms with Crippen molar-refractivity contribution in [3.05, 3.63) is 33.5 Å². The average Bonchev–Trinajstić information content (AvgIpc) is 3.33. The molecule has 0 aliphatic carbocycles. The first-order chi connectivity index (χ1) is 13.5. The van der Waals surface area contributed by atoms with Crippen molar-refractivity contribution in [3.8, 4) is 0 Å². The summed E-state index contributed by atoms with van der Waals surface area (Å²) >= 11 is 1.69. The highest BCUT2D eigenvalue weighted by Crippen LogP contribution is 2.45. The molecule has 28 heavy (non-hydrogen) atoms. The highest BCUT2D eigenvalue weighted by Gasteiger charge is 2.42. The van der Waals surface area contributed by atoms with Gasteiger partial charge in [0.05, 0.1) is 17.5 Å². The van der Waals surface area contributed by atoms with Crippen molar-refractivity contribution in [3.63, 3.8) is 0 Å². The van der Waals surface area contributed by atoms with Crippen LogP contribution in [-0.2, 0) is 21.6 Å². The second-order valence-corrected chi connectivity index (χ2v) is 8.76. The van der Waals surface area contributed by atoms with E-state index >= 15 is 0 Å². The van der Waals surface area contributed by atoms with Crippen molar-refractivity contribution < 1.29 is 19.4 Å². The molecule has 1 atom stereocenters. The summed E-state index contributed by atoms with van der Waals surface area (Å²) in [5.41, 5.74) is 1.21. The molecule has 6 nitrogen and oxygen atoms in total. The third-order valence-electron chi connectivity index (χ3n) is 5.88. The average molecular weight is 407 g/mol. The van der Waals surface area contributed by atoms with Gasteiger partial charge in [-0.05, 0) is 44.4 Å². The normalized spacial score (nSPS) is 23.2. The molecule has 0 saturated carbocycles. The molecule has 0 aromatic carbocycles. The summed E-state index contributed by atoms with van der Waals surface area (Å²) in [6.45, 7) is 5.59. The van der Waals surface area contributed by atoms with Gasteiger partial charge in [-0.3, -0.25) is 9.59 Å². The van der Waals surface area contributed by atoms with E-state index in [0.717, 1.165) is 63.2 Å². The van der Waals surface area contributed by atoms with Gasteiger partial charge in [-0.2, -0.15) is 0 Å². The first-order valence-electron chi connectivity index (χ1n) is 10.1. The maximum absolute atomic E-state index is 13.1. The third-order valence-corrected chi connectivity index (χ3v) is 7.23. The van der Waals surface area contributed by atoms with Gasteiger partial charge in [0, 0.05) is 24.5 Å². The van der Waals surface area contributed by atoms with Crippen LogP contribution in [0.3, 0.4) is 0 Å². The highest BCUT2D eigenvalue weighted by molar-refractivity contribution is 7.14. The van der Waals surface area contributed by atoms with Gasteiger partial charge in [0.25, 0.3) is 12.4 Å². The number of hydrogen-bond acceptors (Lipinski definition) is 5. The zero-order valence-electron chi connectivity index (χ0n) is 16.7. The predicted octanol–water partition coefficient (Wildman–Crippen LogP) is 3.12. The zero-order valence-corrected chi connectivity index (χ0v) is 17.5. The summed E-state index contributed by atoms with van der Waals surface area (Å²) in [4.78, 5) is 28.1. The molecule has 1 amide bonds. The van der Waals surface area contributed by atoms with E-state index in [1.807, 2.05) is 4.90 Å². The Labute approximate surface area is 170 Å². The number of ether oxygens (including phenoxy) is 1. The number of nitrogens with zero attached hydrogens (tertiary/aromatic N) is 2. The van der Waals surface area contributed by atoms with Crippen LogP contribution in [0.15, 0.2) is 18.2 Å². The smallest absolute Gasteiger partial charge is 0.290 e. The molecular formula is C21H30N2O4S. The van der Waals surface area contributed by atoms with Crippen molar-refractivity contribution in [2.45, 2.75) is 50.7 Å². The fourth-order valence-electron chi connectivity index (χ4n) is 4.37. The number of piperidine rings is 1. The third kappa shape index (κ3) is 4.16. The van der Waals surface area contributed by atoms with E-state index in [9.17, 15) is 4.79 Å².